The number of tetrazole rings is 1. The number of nitrogens with zero attached hydrogens (tertiary/aromatic N) is 3. The number of aromatic nitrogens is 4. The predicted octanol–water partition coefficient (Wildman–Crippen LogP) is 0.290. The van der Waals surface area contributed by atoms with E-state index in [4.69, 9.17) is 5.73 Å². The number of rotatable bonds is 3. The molecule has 1 aromatic heterocycles. The maximum absolute atomic E-state index is 5.67. The van der Waals surface area contributed by atoms with Gasteiger partial charge in [-0.05, 0) is 5.56 Å². The van der Waals surface area contributed by atoms with Gasteiger partial charge in [-0.25, -0.2) is 0 Å². The van der Waals surface area contributed by atoms with Crippen molar-refractivity contribution in [1.82, 2.24) is 20.6 Å². The lowest BCUT2D eigenvalue weighted by Gasteiger charge is -2.09. The van der Waals surface area contributed by atoms with Gasteiger partial charge in [-0.3, -0.25) is 0 Å². The molecular weight excluding hydrogens is 178 g/mol. The van der Waals surface area contributed by atoms with E-state index in [-0.39, 0.29) is 5.92 Å². The molecule has 0 radical (unpaired) electrons. The number of hydrogen-bond acceptors (Lipinski definition) is 4. The molecule has 0 spiro atoms. The molecule has 0 unspecified atom stereocenters. The summed E-state index contributed by atoms with van der Waals surface area (Å²) in [6.07, 6.45) is 0. The Hall–Kier alpha value is -1.75. The van der Waals surface area contributed by atoms with Gasteiger partial charge in [0.1, 0.15) is 0 Å². The second-order valence-corrected chi connectivity index (χ2v) is 2.97. The molecule has 0 fully saturated rings. The molecule has 0 saturated carbocycles. The van der Waals surface area contributed by atoms with Crippen molar-refractivity contribution in [3.63, 3.8) is 0 Å². The average molecular weight is 189 g/mol. The summed E-state index contributed by atoms with van der Waals surface area (Å²) in [6.45, 7) is 0.476. The van der Waals surface area contributed by atoms with Crippen LogP contribution in [0.5, 0.6) is 0 Å². The first-order valence-corrected chi connectivity index (χ1v) is 4.40. The molecule has 1 aromatic carbocycles. The van der Waals surface area contributed by atoms with Crippen molar-refractivity contribution in [2.24, 2.45) is 5.73 Å². The fourth-order valence-electron chi connectivity index (χ4n) is 1.39. The molecular formula is C9H11N5. The second kappa shape index (κ2) is 3.97. The van der Waals surface area contributed by atoms with E-state index in [0.717, 1.165) is 5.56 Å². The van der Waals surface area contributed by atoms with Crippen LogP contribution in [-0.4, -0.2) is 27.2 Å². The molecule has 5 nitrogen and oxygen atoms in total. The topological polar surface area (TPSA) is 80.5 Å². The number of nitrogens with two attached hydrogens (primary N) is 1. The lowest BCUT2D eigenvalue weighted by Crippen LogP contribution is -2.15. The minimum Gasteiger partial charge on any atom is -0.329 e. The van der Waals surface area contributed by atoms with Crippen molar-refractivity contribution in [1.29, 1.82) is 0 Å². The standard InChI is InChI=1S/C9H11N5/c10-6-8(9-11-13-14-12-9)7-4-2-1-3-5-7/h1-5,8H,6,10H2,(H,11,12,13,14)/t8-/m1/s1. The quantitative estimate of drug-likeness (QED) is 0.727. The lowest BCUT2D eigenvalue weighted by atomic mass is 9.99. The Balaban J connectivity index is 2.31. The third-order valence-electron chi connectivity index (χ3n) is 2.11. The smallest absolute Gasteiger partial charge is 0.183 e. The molecule has 0 aliphatic rings. The first kappa shape index (κ1) is 8.83. The lowest BCUT2D eigenvalue weighted by molar-refractivity contribution is 0.753. The number of benzene rings is 1. The van der Waals surface area contributed by atoms with Crippen molar-refractivity contribution in [3.05, 3.63) is 41.7 Å². The third kappa shape index (κ3) is 1.62. The van der Waals surface area contributed by atoms with Gasteiger partial charge in [-0.2, -0.15) is 5.21 Å². The van der Waals surface area contributed by atoms with E-state index < -0.39 is 0 Å². The molecule has 0 amide bonds. The van der Waals surface area contributed by atoms with Gasteiger partial charge in [0, 0.05) is 6.54 Å². The van der Waals surface area contributed by atoms with Crippen LogP contribution in [0, 0.1) is 0 Å². The van der Waals surface area contributed by atoms with Crippen molar-refractivity contribution < 1.29 is 0 Å². The predicted molar refractivity (Wildman–Crippen MR) is 51.5 cm³/mol. The van der Waals surface area contributed by atoms with E-state index in [2.05, 4.69) is 20.6 Å². The Morgan fingerprint density at radius 1 is 1.29 bits per heavy atom. The Bertz CT molecular complexity index is 369. The van der Waals surface area contributed by atoms with Crippen molar-refractivity contribution >= 4 is 0 Å². The number of nitrogens with one attached hydrogen (secondary N) is 1. The molecule has 72 valence electrons. The average Bonchev–Trinajstić information content (AvgIpc) is 2.74. The molecule has 14 heavy (non-hydrogen) atoms. The van der Waals surface area contributed by atoms with Crippen LogP contribution in [0.2, 0.25) is 0 Å². The summed E-state index contributed by atoms with van der Waals surface area (Å²) in [7, 11) is 0. The van der Waals surface area contributed by atoms with Gasteiger partial charge in [-0.1, -0.05) is 35.5 Å². The minimum atomic E-state index is 0.0231. The maximum atomic E-state index is 5.67. The monoisotopic (exact) mass is 189 g/mol. The highest BCUT2D eigenvalue weighted by Crippen LogP contribution is 2.18. The zero-order valence-corrected chi connectivity index (χ0v) is 7.59. The fraction of sp³-hybridized carbons (Fsp3) is 0.222. The van der Waals surface area contributed by atoms with Crippen LogP contribution in [0.1, 0.15) is 17.3 Å². The first-order chi connectivity index (χ1) is 6.92. The number of hydrogen-bond donors (Lipinski definition) is 2. The number of H-pyrrole nitrogens is 1. The molecule has 2 aromatic rings. The van der Waals surface area contributed by atoms with Gasteiger partial charge in [0.25, 0.3) is 0 Å². The highest BCUT2D eigenvalue weighted by molar-refractivity contribution is 5.24. The molecule has 2 rings (SSSR count). The van der Waals surface area contributed by atoms with E-state index in [9.17, 15) is 0 Å². The highest BCUT2D eigenvalue weighted by Gasteiger charge is 2.15. The molecule has 0 bridgehead atoms. The molecule has 1 atom stereocenters. The SMILES string of the molecule is NC[C@H](c1ccccc1)c1nn[nH]n1. The van der Waals surface area contributed by atoms with E-state index in [1.165, 1.54) is 0 Å². The van der Waals surface area contributed by atoms with Crippen LogP contribution >= 0.6 is 0 Å². The van der Waals surface area contributed by atoms with Gasteiger partial charge in [0.2, 0.25) is 0 Å². The van der Waals surface area contributed by atoms with Crippen molar-refractivity contribution in [3.8, 4) is 0 Å². The van der Waals surface area contributed by atoms with Gasteiger partial charge >= 0.3 is 0 Å². The summed E-state index contributed by atoms with van der Waals surface area (Å²) in [4.78, 5) is 0. The van der Waals surface area contributed by atoms with E-state index in [1.807, 2.05) is 30.3 Å². The van der Waals surface area contributed by atoms with Gasteiger partial charge in [0.05, 0.1) is 5.92 Å². The minimum absolute atomic E-state index is 0.0231. The molecule has 3 N–H and O–H groups in total. The van der Waals surface area contributed by atoms with E-state index in [0.29, 0.717) is 12.4 Å². The van der Waals surface area contributed by atoms with Crippen molar-refractivity contribution in [2.75, 3.05) is 6.54 Å². The second-order valence-electron chi connectivity index (χ2n) is 2.97. The summed E-state index contributed by atoms with van der Waals surface area (Å²) in [5.74, 6) is 0.661. The summed E-state index contributed by atoms with van der Waals surface area (Å²) >= 11 is 0. The number of aromatic amines is 1. The summed E-state index contributed by atoms with van der Waals surface area (Å²) < 4.78 is 0. The fourth-order valence-corrected chi connectivity index (χ4v) is 1.39. The van der Waals surface area contributed by atoms with Crippen LogP contribution in [0.4, 0.5) is 0 Å². The van der Waals surface area contributed by atoms with Gasteiger partial charge < -0.3 is 5.73 Å². The molecule has 5 heteroatoms. The molecule has 1 heterocycles. The van der Waals surface area contributed by atoms with Crippen LogP contribution < -0.4 is 5.73 Å². The normalized spacial score (nSPS) is 12.6. The van der Waals surface area contributed by atoms with Crippen LogP contribution in [0.15, 0.2) is 30.3 Å². The van der Waals surface area contributed by atoms with E-state index in [1.54, 1.807) is 0 Å². The summed E-state index contributed by atoms with van der Waals surface area (Å²) in [5, 5.41) is 13.8. The zero-order valence-electron chi connectivity index (χ0n) is 7.59. The van der Waals surface area contributed by atoms with Crippen LogP contribution in [-0.2, 0) is 0 Å². The zero-order chi connectivity index (χ0) is 9.80. The molecule has 0 aliphatic carbocycles. The van der Waals surface area contributed by atoms with Gasteiger partial charge in [0.15, 0.2) is 5.82 Å². The Labute approximate surface area is 81.3 Å². The third-order valence-corrected chi connectivity index (χ3v) is 2.11. The highest BCUT2D eigenvalue weighted by atomic mass is 15.5. The van der Waals surface area contributed by atoms with E-state index >= 15 is 0 Å². The molecule has 0 saturated heterocycles. The Morgan fingerprint density at radius 2 is 2.07 bits per heavy atom. The first-order valence-electron chi connectivity index (χ1n) is 4.40. The molecule has 0 aliphatic heterocycles. The van der Waals surface area contributed by atoms with Crippen LogP contribution in [0.3, 0.4) is 0 Å². The van der Waals surface area contributed by atoms with Crippen molar-refractivity contribution in [2.45, 2.75) is 5.92 Å². The largest absolute Gasteiger partial charge is 0.329 e. The summed E-state index contributed by atoms with van der Waals surface area (Å²) in [5.41, 5.74) is 6.78. The Kier molecular flexibility index (Phi) is 2.51. The van der Waals surface area contributed by atoms with Crippen LogP contribution in [0.25, 0.3) is 0 Å². The Morgan fingerprint density at radius 3 is 2.64 bits per heavy atom. The summed E-state index contributed by atoms with van der Waals surface area (Å²) in [6, 6.07) is 9.92. The maximum Gasteiger partial charge on any atom is 0.183 e. The van der Waals surface area contributed by atoms with Gasteiger partial charge in [-0.15, -0.1) is 10.2 Å².